The van der Waals surface area contributed by atoms with Crippen LogP contribution in [0.4, 0.5) is 10.2 Å². The van der Waals surface area contributed by atoms with Crippen LogP contribution in [0.3, 0.4) is 0 Å². The predicted octanol–water partition coefficient (Wildman–Crippen LogP) is 2.32. The lowest BCUT2D eigenvalue weighted by Crippen LogP contribution is -2.35. The highest BCUT2D eigenvalue weighted by molar-refractivity contribution is 5.38. The van der Waals surface area contributed by atoms with E-state index in [9.17, 15) is 4.39 Å². The molecule has 1 aromatic heterocycles. The molecule has 18 heavy (non-hydrogen) atoms. The van der Waals surface area contributed by atoms with E-state index < -0.39 is 0 Å². The first-order valence-electron chi connectivity index (χ1n) is 6.60. The molecular formula is C13H23FN4. The van der Waals surface area contributed by atoms with Gasteiger partial charge in [-0.15, -0.1) is 0 Å². The van der Waals surface area contributed by atoms with Crippen LogP contribution < -0.4 is 5.32 Å². The average Bonchev–Trinajstić information content (AvgIpc) is 2.38. The Morgan fingerprint density at radius 1 is 1.28 bits per heavy atom. The summed E-state index contributed by atoms with van der Waals surface area (Å²) in [7, 11) is 0. The lowest BCUT2D eigenvalue weighted by Gasteiger charge is -2.23. The summed E-state index contributed by atoms with van der Waals surface area (Å²) >= 11 is 0. The SMILES string of the molecule is CCc1ncnc(NC(C)CN(CC)CC)c1F. The molecule has 0 amide bonds. The standard InChI is InChI=1S/C13H23FN4/c1-5-11-12(14)13(16-9-15-11)17-10(4)8-18(6-2)7-3/h9-10H,5-8H2,1-4H3,(H,15,16,17). The van der Waals surface area contributed by atoms with E-state index >= 15 is 0 Å². The molecule has 5 heteroatoms. The maximum atomic E-state index is 13.9. The van der Waals surface area contributed by atoms with E-state index in [4.69, 9.17) is 0 Å². The molecule has 4 nitrogen and oxygen atoms in total. The molecule has 1 atom stereocenters. The zero-order valence-electron chi connectivity index (χ0n) is 11.7. The number of nitrogens with zero attached hydrogens (tertiary/aromatic N) is 3. The largest absolute Gasteiger partial charge is 0.364 e. The fraction of sp³-hybridized carbons (Fsp3) is 0.692. The second-order valence-corrected chi connectivity index (χ2v) is 4.37. The zero-order valence-corrected chi connectivity index (χ0v) is 11.7. The molecule has 1 heterocycles. The third-order valence-electron chi connectivity index (χ3n) is 3.01. The second kappa shape index (κ2) is 7.26. The van der Waals surface area contributed by atoms with Gasteiger partial charge in [-0.05, 0) is 26.4 Å². The van der Waals surface area contributed by atoms with Gasteiger partial charge in [0.15, 0.2) is 11.6 Å². The third kappa shape index (κ3) is 3.91. The third-order valence-corrected chi connectivity index (χ3v) is 3.01. The number of nitrogens with one attached hydrogen (secondary N) is 1. The molecule has 0 saturated carbocycles. The van der Waals surface area contributed by atoms with Crippen LogP contribution >= 0.6 is 0 Å². The first kappa shape index (κ1) is 14.8. The topological polar surface area (TPSA) is 41.1 Å². The molecule has 0 saturated heterocycles. The minimum absolute atomic E-state index is 0.152. The Morgan fingerprint density at radius 3 is 2.50 bits per heavy atom. The van der Waals surface area contributed by atoms with Gasteiger partial charge in [-0.3, -0.25) is 0 Å². The molecule has 0 radical (unpaired) electrons. The highest BCUT2D eigenvalue weighted by atomic mass is 19.1. The van der Waals surface area contributed by atoms with Crippen LogP contribution in [0.25, 0.3) is 0 Å². The van der Waals surface area contributed by atoms with Crippen molar-refractivity contribution >= 4 is 5.82 Å². The minimum Gasteiger partial charge on any atom is -0.364 e. The zero-order chi connectivity index (χ0) is 13.5. The van der Waals surface area contributed by atoms with Crippen molar-refractivity contribution in [2.75, 3.05) is 25.0 Å². The maximum absolute atomic E-state index is 13.9. The van der Waals surface area contributed by atoms with Crippen molar-refractivity contribution in [3.8, 4) is 0 Å². The Balaban J connectivity index is 2.67. The fourth-order valence-electron chi connectivity index (χ4n) is 1.90. The van der Waals surface area contributed by atoms with Crippen LogP contribution in [-0.4, -0.2) is 40.5 Å². The van der Waals surface area contributed by atoms with Crippen LogP contribution in [-0.2, 0) is 6.42 Å². The van der Waals surface area contributed by atoms with E-state index in [-0.39, 0.29) is 11.9 Å². The summed E-state index contributed by atoms with van der Waals surface area (Å²) < 4.78 is 13.9. The number of anilines is 1. The number of hydrogen-bond acceptors (Lipinski definition) is 4. The van der Waals surface area contributed by atoms with E-state index in [1.165, 1.54) is 6.33 Å². The van der Waals surface area contributed by atoms with E-state index in [2.05, 4.69) is 34.0 Å². The van der Waals surface area contributed by atoms with Crippen LogP contribution in [0.5, 0.6) is 0 Å². The van der Waals surface area contributed by atoms with E-state index in [0.29, 0.717) is 17.9 Å². The molecule has 1 aromatic rings. The average molecular weight is 254 g/mol. The van der Waals surface area contributed by atoms with Crippen LogP contribution in [0, 0.1) is 5.82 Å². The number of likely N-dealkylation sites (N-methyl/N-ethyl adjacent to an activating group) is 1. The van der Waals surface area contributed by atoms with Gasteiger partial charge in [-0.25, -0.2) is 14.4 Å². The quantitative estimate of drug-likeness (QED) is 0.810. The number of aromatic nitrogens is 2. The van der Waals surface area contributed by atoms with Crippen molar-refractivity contribution in [2.45, 2.75) is 40.2 Å². The Morgan fingerprint density at radius 2 is 1.94 bits per heavy atom. The van der Waals surface area contributed by atoms with Gasteiger partial charge in [0, 0.05) is 12.6 Å². The Kier molecular flexibility index (Phi) is 5.98. The molecular weight excluding hydrogens is 231 g/mol. The van der Waals surface area contributed by atoms with Crippen LogP contribution in [0.2, 0.25) is 0 Å². The summed E-state index contributed by atoms with van der Waals surface area (Å²) in [5, 5.41) is 3.12. The van der Waals surface area contributed by atoms with Crippen LogP contribution in [0.15, 0.2) is 6.33 Å². The van der Waals surface area contributed by atoms with E-state index in [1.807, 2.05) is 13.8 Å². The molecule has 1 unspecified atom stereocenters. The lowest BCUT2D eigenvalue weighted by atomic mass is 10.2. The fourth-order valence-corrected chi connectivity index (χ4v) is 1.90. The van der Waals surface area contributed by atoms with Crippen molar-refractivity contribution in [3.63, 3.8) is 0 Å². The van der Waals surface area contributed by atoms with Crippen molar-refractivity contribution in [3.05, 3.63) is 17.8 Å². The molecule has 0 bridgehead atoms. The van der Waals surface area contributed by atoms with Gasteiger partial charge in [-0.2, -0.15) is 0 Å². The summed E-state index contributed by atoms with van der Waals surface area (Å²) in [6, 6.07) is 0.152. The predicted molar refractivity (Wildman–Crippen MR) is 72.2 cm³/mol. The van der Waals surface area contributed by atoms with Crippen molar-refractivity contribution in [1.29, 1.82) is 0 Å². The summed E-state index contributed by atoms with van der Waals surface area (Å²) in [6.07, 6.45) is 1.99. The Labute approximate surface area is 109 Å². The maximum Gasteiger partial charge on any atom is 0.186 e. The Hall–Kier alpha value is -1.23. The smallest absolute Gasteiger partial charge is 0.186 e. The molecule has 0 spiro atoms. The first-order valence-corrected chi connectivity index (χ1v) is 6.60. The molecule has 102 valence electrons. The molecule has 1 N–H and O–H groups in total. The summed E-state index contributed by atoms with van der Waals surface area (Å²) in [4.78, 5) is 10.2. The van der Waals surface area contributed by atoms with Gasteiger partial charge >= 0.3 is 0 Å². The molecule has 0 aliphatic rings. The van der Waals surface area contributed by atoms with Crippen LogP contribution in [0.1, 0.15) is 33.4 Å². The minimum atomic E-state index is -0.327. The van der Waals surface area contributed by atoms with Gasteiger partial charge < -0.3 is 10.2 Å². The monoisotopic (exact) mass is 254 g/mol. The number of aryl methyl sites for hydroxylation is 1. The molecule has 0 fully saturated rings. The first-order chi connectivity index (χ1) is 8.62. The normalized spacial score (nSPS) is 12.8. The van der Waals surface area contributed by atoms with Crippen molar-refractivity contribution < 1.29 is 4.39 Å². The number of hydrogen-bond donors (Lipinski definition) is 1. The van der Waals surface area contributed by atoms with Gasteiger partial charge in [-0.1, -0.05) is 20.8 Å². The van der Waals surface area contributed by atoms with Gasteiger partial charge in [0.2, 0.25) is 0 Å². The molecule has 0 aliphatic carbocycles. The van der Waals surface area contributed by atoms with E-state index in [0.717, 1.165) is 19.6 Å². The van der Waals surface area contributed by atoms with Gasteiger partial charge in [0.05, 0.1) is 5.69 Å². The molecule has 1 rings (SSSR count). The van der Waals surface area contributed by atoms with Gasteiger partial charge in [0.25, 0.3) is 0 Å². The summed E-state index contributed by atoms with van der Waals surface area (Å²) in [5.41, 5.74) is 0.461. The summed E-state index contributed by atoms with van der Waals surface area (Å²) in [6.45, 7) is 11.0. The summed E-state index contributed by atoms with van der Waals surface area (Å²) in [5.74, 6) is -0.0205. The highest BCUT2D eigenvalue weighted by Crippen LogP contribution is 2.14. The lowest BCUT2D eigenvalue weighted by molar-refractivity contribution is 0.294. The van der Waals surface area contributed by atoms with Crippen molar-refractivity contribution in [1.82, 2.24) is 14.9 Å². The Bertz CT molecular complexity index is 366. The molecule has 0 aliphatic heterocycles. The number of halogens is 1. The highest BCUT2D eigenvalue weighted by Gasteiger charge is 2.13. The van der Waals surface area contributed by atoms with Gasteiger partial charge in [0.1, 0.15) is 6.33 Å². The number of rotatable bonds is 7. The van der Waals surface area contributed by atoms with Crippen molar-refractivity contribution in [2.24, 2.45) is 0 Å². The second-order valence-electron chi connectivity index (χ2n) is 4.37. The van der Waals surface area contributed by atoms with E-state index in [1.54, 1.807) is 0 Å². The molecule has 0 aromatic carbocycles.